The molecule has 0 aromatic carbocycles. The minimum atomic E-state index is -0.973. The maximum absolute atomic E-state index is 11.4. The predicted octanol–water partition coefficient (Wildman–Crippen LogP) is 1.62. The summed E-state index contributed by atoms with van der Waals surface area (Å²) in [7, 11) is 0. The lowest BCUT2D eigenvalue weighted by molar-refractivity contribution is -0.181. The van der Waals surface area contributed by atoms with Crippen LogP contribution in [0, 0.1) is 0 Å². The van der Waals surface area contributed by atoms with Gasteiger partial charge in [-0.1, -0.05) is 12.2 Å². The molecule has 0 saturated heterocycles. The third-order valence-electron chi connectivity index (χ3n) is 3.41. The number of cyclic esters (lactones) is 1. The van der Waals surface area contributed by atoms with Gasteiger partial charge in [-0.25, -0.2) is 4.79 Å². The molecule has 0 aliphatic carbocycles. The highest BCUT2D eigenvalue weighted by atomic mass is 16.6. The van der Waals surface area contributed by atoms with E-state index in [1.54, 1.807) is 25.2 Å². The summed E-state index contributed by atoms with van der Waals surface area (Å²) < 4.78 is 20.6. The van der Waals surface area contributed by atoms with Crippen molar-refractivity contribution >= 4 is 23.9 Å². The van der Waals surface area contributed by atoms with Gasteiger partial charge in [0.1, 0.15) is 18.3 Å². The van der Waals surface area contributed by atoms with Crippen LogP contribution < -0.4 is 0 Å². The number of hydrogen-bond acceptors (Lipinski definition) is 8. The lowest BCUT2D eigenvalue weighted by Gasteiger charge is -2.29. The molecule has 0 aromatic rings. The molecule has 8 heteroatoms. The average Bonchev–Trinajstić information content (AvgIpc) is 2.50. The molecule has 0 amide bonds. The molecule has 0 saturated carbocycles. The molecule has 0 spiro atoms. The van der Waals surface area contributed by atoms with Crippen LogP contribution in [-0.2, 0) is 38.1 Å². The summed E-state index contributed by atoms with van der Waals surface area (Å²) in [6, 6.07) is 0. The fourth-order valence-electron chi connectivity index (χ4n) is 2.47. The van der Waals surface area contributed by atoms with Crippen molar-refractivity contribution in [1.82, 2.24) is 0 Å². The van der Waals surface area contributed by atoms with Gasteiger partial charge in [-0.15, -0.1) is 0 Å². The number of carbonyl (C=O) groups excluding carboxylic acids is 4. The molecular formula is C18H24O8. The maximum atomic E-state index is 11.4. The zero-order valence-corrected chi connectivity index (χ0v) is 15.3. The molecule has 144 valence electrons. The van der Waals surface area contributed by atoms with Gasteiger partial charge in [-0.2, -0.15) is 0 Å². The molecule has 0 bridgehead atoms. The highest BCUT2D eigenvalue weighted by Gasteiger charge is 2.33. The first kappa shape index (κ1) is 21.4. The van der Waals surface area contributed by atoms with E-state index >= 15 is 0 Å². The van der Waals surface area contributed by atoms with Crippen LogP contribution in [0.5, 0.6) is 0 Å². The average molecular weight is 368 g/mol. The molecule has 4 unspecified atom stereocenters. The monoisotopic (exact) mass is 368 g/mol. The van der Waals surface area contributed by atoms with Gasteiger partial charge < -0.3 is 18.9 Å². The van der Waals surface area contributed by atoms with Gasteiger partial charge >= 0.3 is 23.9 Å². The van der Waals surface area contributed by atoms with Crippen LogP contribution in [-0.4, -0.2) is 48.3 Å². The summed E-state index contributed by atoms with van der Waals surface area (Å²) >= 11 is 0. The molecule has 0 aromatic heterocycles. The Morgan fingerprint density at radius 3 is 2.31 bits per heavy atom. The van der Waals surface area contributed by atoms with Crippen LogP contribution in [0.2, 0.25) is 0 Å². The van der Waals surface area contributed by atoms with Crippen LogP contribution in [0.3, 0.4) is 0 Å². The lowest BCUT2D eigenvalue weighted by Crippen LogP contribution is -2.43. The lowest BCUT2D eigenvalue weighted by atomic mass is 10.0. The van der Waals surface area contributed by atoms with Crippen LogP contribution >= 0.6 is 0 Å². The number of esters is 4. The summed E-state index contributed by atoms with van der Waals surface area (Å²) in [4.78, 5) is 45.3. The molecule has 1 rings (SSSR count). The van der Waals surface area contributed by atoms with Crippen molar-refractivity contribution in [3.63, 3.8) is 0 Å². The van der Waals surface area contributed by atoms with Crippen molar-refractivity contribution < 1.29 is 38.1 Å². The highest BCUT2D eigenvalue weighted by Crippen LogP contribution is 2.18. The maximum Gasteiger partial charge on any atom is 0.331 e. The standard InChI is InChI=1S/C18H24O8/c1-11(23-12(2)19)18(25-14(4)21)16(24-13(3)20)9-5-7-15-8-6-10-17(22)26-15/h5-7,10-11,15-16,18H,8-9H2,1-4H3. The fraction of sp³-hybridized carbons (Fsp3) is 0.556. The van der Waals surface area contributed by atoms with Crippen molar-refractivity contribution in [2.24, 2.45) is 0 Å². The van der Waals surface area contributed by atoms with Crippen LogP contribution in [0.4, 0.5) is 0 Å². The smallest absolute Gasteiger partial charge is 0.331 e. The van der Waals surface area contributed by atoms with Gasteiger partial charge in [0, 0.05) is 39.7 Å². The van der Waals surface area contributed by atoms with E-state index in [2.05, 4.69) is 0 Å². The Labute approximate surface area is 152 Å². The van der Waals surface area contributed by atoms with Crippen LogP contribution in [0.15, 0.2) is 24.3 Å². The first-order chi connectivity index (χ1) is 12.2. The quantitative estimate of drug-likeness (QED) is 0.361. The molecule has 0 fully saturated rings. The second kappa shape index (κ2) is 10.4. The Balaban J connectivity index is 2.86. The van der Waals surface area contributed by atoms with Crippen molar-refractivity contribution in [3.8, 4) is 0 Å². The summed E-state index contributed by atoms with van der Waals surface area (Å²) in [6.07, 6.45) is 4.04. The molecule has 4 atom stereocenters. The molecule has 1 aliphatic rings. The predicted molar refractivity (Wildman–Crippen MR) is 89.7 cm³/mol. The summed E-state index contributed by atoms with van der Waals surface area (Å²) in [5.41, 5.74) is 0. The van der Waals surface area contributed by atoms with E-state index in [0.29, 0.717) is 6.42 Å². The number of ether oxygens (including phenoxy) is 4. The Morgan fingerprint density at radius 2 is 1.77 bits per heavy atom. The van der Waals surface area contributed by atoms with Crippen molar-refractivity contribution in [3.05, 3.63) is 24.3 Å². The Bertz CT molecular complexity index is 592. The summed E-state index contributed by atoms with van der Waals surface area (Å²) in [6.45, 7) is 5.21. The summed E-state index contributed by atoms with van der Waals surface area (Å²) in [5.74, 6) is -2.14. The number of hydrogen-bond donors (Lipinski definition) is 0. The second-order valence-electron chi connectivity index (χ2n) is 5.81. The first-order valence-corrected chi connectivity index (χ1v) is 8.24. The van der Waals surface area contributed by atoms with Gasteiger partial charge in [-0.3, -0.25) is 14.4 Å². The van der Waals surface area contributed by atoms with E-state index in [9.17, 15) is 19.2 Å². The van der Waals surface area contributed by atoms with Gasteiger partial charge in [0.25, 0.3) is 0 Å². The zero-order chi connectivity index (χ0) is 19.7. The van der Waals surface area contributed by atoms with Gasteiger partial charge in [0.15, 0.2) is 6.10 Å². The molecule has 0 N–H and O–H groups in total. The Kier molecular flexibility index (Phi) is 8.54. The van der Waals surface area contributed by atoms with Crippen molar-refractivity contribution in [1.29, 1.82) is 0 Å². The normalized spacial score (nSPS) is 20.0. The van der Waals surface area contributed by atoms with Gasteiger partial charge in [0.05, 0.1) is 0 Å². The Hall–Kier alpha value is -2.64. The fourth-order valence-corrected chi connectivity index (χ4v) is 2.47. The molecule has 0 radical (unpaired) electrons. The Morgan fingerprint density at radius 1 is 1.15 bits per heavy atom. The second-order valence-corrected chi connectivity index (χ2v) is 5.81. The van der Waals surface area contributed by atoms with Crippen molar-refractivity contribution in [2.45, 2.75) is 65.0 Å². The SMILES string of the molecule is CC(=O)OC(C)C(OC(C)=O)C(CC=CC1CC=CC(=O)O1)OC(C)=O. The molecule has 1 aliphatic heterocycles. The number of carbonyl (C=O) groups is 4. The van der Waals surface area contributed by atoms with Crippen LogP contribution in [0.25, 0.3) is 0 Å². The molecule has 8 nitrogen and oxygen atoms in total. The molecule has 1 heterocycles. The minimum absolute atomic E-state index is 0.181. The topological polar surface area (TPSA) is 105 Å². The molecule has 26 heavy (non-hydrogen) atoms. The van der Waals surface area contributed by atoms with E-state index in [-0.39, 0.29) is 6.42 Å². The third-order valence-corrected chi connectivity index (χ3v) is 3.41. The van der Waals surface area contributed by atoms with Crippen molar-refractivity contribution in [2.75, 3.05) is 0 Å². The van der Waals surface area contributed by atoms with Gasteiger partial charge in [0.2, 0.25) is 0 Å². The number of rotatable bonds is 8. The van der Waals surface area contributed by atoms with E-state index < -0.39 is 48.3 Å². The zero-order valence-electron chi connectivity index (χ0n) is 15.3. The van der Waals surface area contributed by atoms with Gasteiger partial charge in [-0.05, 0) is 13.0 Å². The third kappa shape index (κ3) is 7.96. The van der Waals surface area contributed by atoms with E-state index in [1.165, 1.54) is 26.8 Å². The van der Waals surface area contributed by atoms with E-state index in [1.807, 2.05) is 0 Å². The molecular weight excluding hydrogens is 344 g/mol. The largest absolute Gasteiger partial charge is 0.459 e. The van der Waals surface area contributed by atoms with E-state index in [0.717, 1.165) is 0 Å². The van der Waals surface area contributed by atoms with Crippen LogP contribution in [0.1, 0.15) is 40.5 Å². The highest BCUT2D eigenvalue weighted by molar-refractivity contribution is 5.82. The summed E-state index contributed by atoms with van der Waals surface area (Å²) in [5, 5.41) is 0. The minimum Gasteiger partial charge on any atom is -0.459 e. The van der Waals surface area contributed by atoms with E-state index in [4.69, 9.17) is 18.9 Å². The first-order valence-electron chi connectivity index (χ1n) is 8.24.